The molecule has 0 saturated carbocycles. The van der Waals surface area contributed by atoms with Crippen molar-refractivity contribution in [1.29, 1.82) is 0 Å². The third-order valence-corrected chi connectivity index (χ3v) is 3.16. The maximum absolute atomic E-state index is 11.9. The van der Waals surface area contributed by atoms with Gasteiger partial charge in [-0.3, -0.25) is 24.6 Å². The fourth-order valence-corrected chi connectivity index (χ4v) is 2.06. The molecule has 1 aliphatic rings. The number of carbonyl (C=O) groups is 2. The number of aliphatic hydroxyl groups is 1. The van der Waals surface area contributed by atoms with Crippen molar-refractivity contribution in [3.63, 3.8) is 0 Å². The summed E-state index contributed by atoms with van der Waals surface area (Å²) in [5.41, 5.74) is 0.259. The van der Waals surface area contributed by atoms with Crippen LogP contribution in [-0.4, -0.2) is 39.9 Å². The van der Waals surface area contributed by atoms with Gasteiger partial charge in [0.05, 0.1) is 23.8 Å². The zero-order valence-electron chi connectivity index (χ0n) is 10.6. The smallest absolute Gasteiger partial charge is 0.277 e. The Labute approximate surface area is 124 Å². The average molecular weight is 309 g/mol. The molecule has 0 aliphatic carbocycles. The Morgan fingerprint density at radius 1 is 1.38 bits per heavy atom. The summed E-state index contributed by atoms with van der Waals surface area (Å²) in [6, 6.07) is 3.89. The molecule has 0 saturated heterocycles. The van der Waals surface area contributed by atoms with Crippen LogP contribution in [0.4, 0.5) is 11.4 Å². The van der Waals surface area contributed by atoms with Gasteiger partial charge in [0.25, 0.3) is 17.5 Å². The highest BCUT2D eigenvalue weighted by Crippen LogP contribution is 2.27. The fourth-order valence-electron chi connectivity index (χ4n) is 1.79. The van der Waals surface area contributed by atoms with Gasteiger partial charge >= 0.3 is 0 Å². The highest BCUT2D eigenvalue weighted by molar-refractivity contribution is 7.80. The zero-order chi connectivity index (χ0) is 15.6. The number of rotatable bonds is 5. The summed E-state index contributed by atoms with van der Waals surface area (Å²) in [5, 5.41) is 22.1. The molecule has 1 heterocycles. The minimum absolute atomic E-state index is 0.0256. The van der Waals surface area contributed by atoms with Crippen LogP contribution in [-0.2, 0) is 9.59 Å². The van der Waals surface area contributed by atoms with E-state index in [1.165, 1.54) is 18.2 Å². The lowest BCUT2D eigenvalue weighted by atomic mass is 10.2. The Kier molecular flexibility index (Phi) is 4.24. The molecule has 1 aromatic rings. The molecule has 0 atom stereocenters. The van der Waals surface area contributed by atoms with Gasteiger partial charge in [0.1, 0.15) is 5.70 Å². The number of anilines is 1. The molecule has 8 nitrogen and oxygen atoms in total. The number of hydrogen-bond acceptors (Lipinski definition) is 7. The first-order valence-corrected chi connectivity index (χ1v) is 6.31. The summed E-state index contributed by atoms with van der Waals surface area (Å²) < 4.78 is 0. The number of benzene rings is 1. The van der Waals surface area contributed by atoms with E-state index in [4.69, 9.17) is 5.11 Å². The molecule has 0 unspecified atom stereocenters. The quantitative estimate of drug-likeness (QED) is 0.317. The minimum Gasteiger partial charge on any atom is -0.395 e. The summed E-state index contributed by atoms with van der Waals surface area (Å²) in [5.74, 6) is -1.10. The molecule has 1 aliphatic heterocycles. The molecule has 2 rings (SSSR count). The first kappa shape index (κ1) is 15.0. The maximum Gasteiger partial charge on any atom is 0.277 e. The number of aliphatic hydroxyl groups excluding tert-OH is 1. The highest BCUT2D eigenvalue weighted by atomic mass is 32.1. The van der Waals surface area contributed by atoms with Crippen molar-refractivity contribution in [2.24, 2.45) is 0 Å². The standard InChI is InChI=1S/C12H11N3O5S/c16-4-3-14-11(17)6-9(12(14)18)13-8-2-1-7(15(19)20)5-10(8)21/h1-2,5-6,13,16,21H,3-4H2. The number of thiol groups is 1. The van der Waals surface area contributed by atoms with Gasteiger partial charge in [-0.15, -0.1) is 12.6 Å². The summed E-state index contributed by atoms with van der Waals surface area (Å²) in [6.45, 7) is -0.415. The van der Waals surface area contributed by atoms with Crippen LogP contribution in [0.5, 0.6) is 0 Å². The van der Waals surface area contributed by atoms with Crippen molar-refractivity contribution in [3.05, 3.63) is 40.1 Å². The van der Waals surface area contributed by atoms with Gasteiger partial charge in [-0.05, 0) is 6.07 Å². The van der Waals surface area contributed by atoms with Crippen LogP contribution >= 0.6 is 12.6 Å². The number of carbonyl (C=O) groups excluding carboxylic acids is 2. The number of nitrogens with one attached hydrogen (secondary N) is 1. The Bertz CT molecular complexity index is 658. The van der Waals surface area contributed by atoms with E-state index in [0.29, 0.717) is 5.69 Å². The fraction of sp³-hybridized carbons (Fsp3) is 0.167. The molecule has 1 aromatic carbocycles. The van der Waals surface area contributed by atoms with Crippen molar-refractivity contribution in [3.8, 4) is 0 Å². The second kappa shape index (κ2) is 5.94. The molecule has 0 radical (unpaired) electrons. The predicted molar refractivity (Wildman–Crippen MR) is 75.9 cm³/mol. The van der Waals surface area contributed by atoms with E-state index in [0.717, 1.165) is 11.0 Å². The molecular weight excluding hydrogens is 298 g/mol. The molecular formula is C12H11N3O5S. The summed E-state index contributed by atoms with van der Waals surface area (Å²) in [6.07, 6.45) is 1.10. The first-order valence-electron chi connectivity index (χ1n) is 5.87. The number of imide groups is 1. The average Bonchev–Trinajstić information content (AvgIpc) is 2.69. The Morgan fingerprint density at radius 3 is 2.67 bits per heavy atom. The third kappa shape index (κ3) is 3.03. The Balaban J connectivity index is 2.20. The number of nitrogens with zero attached hydrogens (tertiary/aromatic N) is 2. The normalized spacial score (nSPS) is 14.4. The van der Waals surface area contributed by atoms with Gasteiger partial charge in [-0.1, -0.05) is 0 Å². The predicted octanol–water partition coefficient (Wildman–Crippen LogP) is 0.540. The number of non-ortho nitro benzene ring substituents is 1. The number of nitro benzene ring substituents is 1. The van der Waals surface area contributed by atoms with Gasteiger partial charge in [-0.2, -0.15) is 0 Å². The van der Waals surface area contributed by atoms with Crippen LogP contribution in [0.1, 0.15) is 0 Å². The molecule has 2 amide bonds. The van der Waals surface area contributed by atoms with Crippen LogP contribution in [0.15, 0.2) is 34.9 Å². The zero-order valence-corrected chi connectivity index (χ0v) is 11.5. The second-order valence-corrected chi connectivity index (χ2v) is 4.64. The molecule has 21 heavy (non-hydrogen) atoms. The molecule has 9 heteroatoms. The van der Waals surface area contributed by atoms with E-state index >= 15 is 0 Å². The van der Waals surface area contributed by atoms with Crippen LogP contribution in [0.3, 0.4) is 0 Å². The number of nitro groups is 1. The Hall–Kier alpha value is -2.39. The van der Waals surface area contributed by atoms with Gasteiger partial charge in [0.15, 0.2) is 0 Å². The van der Waals surface area contributed by atoms with E-state index in [-0.39, 0.29) is 29.4 Å². The van der Waals surface area contributed by atoms with Gasteiger partial charge in [0.2, 0.25) is 0 Å². The summed E-state index contributed by atoms with van der Waals surface area (Å²) in [4.78, 5) is 34.7. The minimum atomic E-state index is -0.569. The maximum atomic E-state index is 11.9. The SMILES string of the molecule is O=C1C=C(Nc2ccc([N+](=O)[O-])cc2S)C(=O)N1CCO. The molecule has 0 fully saturated rings. The molecule has 0 aromatic heterocycles. The van der Waals surface area contributed by atoms with E-state index in [1.54, 1.807) is 0 Å². The van der Waals surface area contributed by atoms with Gasteiger partial charge < -0.3 is 10.4 Å². The molecule has 110 valence electrons. The number of hydrogen-bond donors (Lipinski definition) is 3. The van der Waals surface area contributed by atoms with E-state index in [1.807, 2.05) is 0 Å². The molecule has 0 bridgehead atoms. The monoisotopic (exact) mass is 309 g/mol. The lowest BCUT2D eigenvalue weighted by Crippen LogP contribution is -2.34. The van der Waals surface area contributed by atoms with Crippen molar-refractivity contribution in [2.75, 3.05) is 18.5 Å². The Morgan fingerprint density at radius 2 is 2.10 bits per heavy atom. The van der Waals surface area contributed by atoms with Crippen molar-refractivity contribution in [1.82, 2.24) is 4.90 Å². The first-order chi connectivity index (χ1) is 9.93. The number of amides is 2. The van der Waals surface area contributed by atoms with Crippen LogP contribution in [0.25, 0.3) is 0 Å². The molecule has 2 N–H and O–H groups in total. The van der Waals surface area contributed by atoms with Crippen LogP contribution in [0, 0.1) is 10.1 Å². The van der Waals surface area contributed by atoms with Crippen LogP contribution < -0.4 is 5.32 Å². The number of β-amino-alcohol motifs (C(OH)–C–C–N with tert-alkyl or cyclic N) is 1. The topological polar surface area (TPSA) is 113 Å². The van der Waals surface area contributed by atoms with Crippen molar-refractivity contribution >= 4 is 35.8 Å². The van der Waals surface area contributed by atoms with E-state index < -0.39 is 16.7 Å². The van der Waals surface area contributed by atoms with Crippen molar-refractivity contribution < 1.29 is 19.6 Å². The summed E-state index contributed by atoms with van der Waals surface area (Å²) >= 11 is 4.11. The van der Waals surface area contributed by atoms with Crippen LogP contribution in [0.2, 0.25) is 0 Å². The van der Waals surface area contributed by atoms with Gasteiger partial charge in [0, 0.05) is 23.1 Å². The third-order valence-electron chi connectivity index (χ3n) is 2.79. The van der Waals surface area contributed by atoms with E-state index in [9.17, 15) is 19.7 Å². The molecule has 0 spiro atoms. The van der Waals surface area contributed by atoms with Crippen molar-refractivity contribution in [2.45, 2.75) is 4.90 Å². The van der Waals surface area contributed by atoms with Gasteiger partial charge in [-0.25, -0.2) is 0 Å². The summed E-state index contributed by atoms with van der Waals surface area (Å²) in [7, 11) is 0. The largest absolute Gasteiger partial charge is 0.395 e. The lowest BCUT2D eigenvalue weighted by Gasteiger charge is -2.14. The van der Waals surface area contributed by atoms with E-state index in [2.05, 4.69) is 17.9 Å². The highest BCUT2D eigenvalue weighted by Gasteiger charge is 2.30. The lowest BCUT2D eigenvalue weighted by molar-refractivity contribution is -0.385. The second-order valence-electron chi connectivity index (χ2n) is 4.16.